The average molecular weight is 283 g/mol. The molecule has 1 N–H and O–H groups in total. The highest BCUT2D eigenvalue weighted by atomic mass is 16.5. The van der Waals surface area contributed by atoms with Gasteiger partial charge in [0, 0.05) is 11.5 Å². The van der Waals surface area contributed by atoms with Gasteiger partial charge in [-0.2, -0.15) is 0 Å². The maximum Gasteiger partial charge on any atom is 0.342 e. The predicted molar refractivity (Wildman–Crippen MR) is 76.0 cm³/mol. The summed E-state index contributed by atoms with van der Waals surface area (Å²) in [5.74, 6) is -0.0251. The van der Waals surface area contributed by atoms with Crippen molar-refractivity contribution in [3.63, 3.8) is 0 Å². The number of aromatic hydroxyl groups is 1. The Bertz CT molecular complexity index is 807. The zero-order valence-electron chi connectivity index (χ0n) is 11.4. The van der Waals surface area contributed by atoms with Crippen LogP contribution in [-0.2, 0) is 11.3 Å². The van der Waals surface area contributed by atoms with E-state index in [0.717, 1.165) is 5.39 Å². The third-order valence-corrected chi connectivity index (χ3v) is 3.15. The van der Waals surface area contributed by atoms with E-state index in [1.807, 2.05) is 12.1 Å². The van der Waals surface area contributed by atoms with Crippen molar-refractivity contribution in [1.29, 1.82) is 0 Å². The van der Waals surface area contributed by atoms with Gasteiger partial charge in [-0.25, -0.2) is 4.79 Å². The first-order valence-electron chi connectivity index (χ1n) is 6.45. The summed E-state index contributed by atoms with van der Waals surface area (Å²) in [6.07, 6.45) is 0. The number of phenols is 1. The number of hydrogen-bond donors (Lipinski definition) is 1. The fourth-order valence-electron chi connectivity index (χ4n) is 2.12. The van der Waals surface area contributed by atoms with Gasteiger partial charge in [-0.05, 0) is 18.4 Å². The summed E-state index contributed by atoms with van der Waals surface area (Å²) < 4.78 is 10.0. The summed E-state index contributed by atoms with van der Waals surface area (Å²) in [5.41, 5.74) is 0.662. The van der Waals surface area contributed by atoms with Crippen LogP contribution in [0.5, 0.6) is 5.75 Å². The lowest BCUT2D eigenvalue weighted by Gasteiger charge is -2.07. The third-order valence-electron chi connectivity index (χ3n) is 3.15. The van der Waals surface area contributed by atoms with E-state index in [4.69, 9.17) is 9.26 Å². The molecule has 0 atom stereocenters. The van der Waals surface area contributed by atoms with Gasteiger partial charge in [0.1, 0.15) is 29.4 Å². The van der Waals surface area contributed by atoms with Crippen molar-refractivity contribution in [3.05, 3.63) is 59.5 Å². The number of benzene rings is 2. The summed E-state index contributed by atoms with van der Waals surface area (Å²) >= 11 is 0. The second-order valence-electron chi connectivity index (χ2n) is 4.69. The number of aromatic nitrogens is 1. The van der Waals surface area contributed by atoms with E-state index in [1.165, 1.54) is 0 Å². The van der Waals surface area contributed by atoms with Crippen molar-refractivity contribution in [2.75, 3.05) is 0 Å². The largest absolute Gasteiger partial charge is 0.506 e. The quantitative estimate of drug-likeness (QED) is 0.747. The fourth-order valence-corrected chi connectivity index (χ4v) is 2.12. The first kappa shape index (κ1) is 13.2. The second-order valence-corrected chi connectivity index (χ2v) is 4.69. The smallest absolute Gasteiger partial charge is 0.342 e. The summed E-state index contributed by atoms with van der Waals surface area (Å²) in [6.45, 7) is 1.76. The molecule has 0 aliphatic carbocycles. The Kier molecular flexibility index (Phi) is 3.31. The van der Waals surface area contributed by atoms with Crippen LogP contribution < -0.4 is 0 Å². The molecular formula is C16H13NO4. The number of carbonyl (C=O) groups is 1. The highest BCUT2D eigenvalue weighted by Crippen LogP contribution is 2.29. The predicted octanol–water partition coefficient (Wildman–Crippen LogP) is 3.20. The molecule has 1 heterocycles. The van der Waals surface area contributed by atoms with Crippen molar-refractivity contribution < 1.29 is 19.2 Å². The minimum absolute atomic E-state index is 0.00242. The molecular weight excluding hydrogens is 270 g/mol. The molecule has 0 unspecified atom stereocenters. The number of rotatable bonds is 3. The number of carbonyl (C=O) groups excluding carboxylic acids is 1. The number of esters is 1. The number of phenolic OH excluding ortho intramolecular Hbond substituents is 1. The SMILES string of the molecule is Cc1cc(COC(=O)c2ccc3ccccc3c2O)no1. The van der Waals surface area contributed by atoms with E-state index >= 15 is 0 Å². The van der Waals surface area contributed by atoms with Gasteiger partial charge in [-0.15, -0.1) is 0 Å². The van der Waals surface area contributed by atoms with Crippen LogP contribution in [0.25, 0.3) is 10.8 Å². The molecule has 0 spiro atoms. The molecule has 5 nitrogen and oxygen atoms in total. The van der Waals surface area contributed by atoms with E-state index in [0.29, 0.717) is 16.8 Å². The summed E-state index contributed by atoms with van der Waals surface area (Å²) in [6, 6.07) is 12.3. The number of aryl methyl sites for hydroxylation is 1. The maximum absolute atomic E-state index is 12.0. The highest BCUT2D eigenvalue weighted by Gasteiger charge is 2.15. The van der Waals surface area contributed by atoms with Gasteiger partial charge >= 0.3 is 5.97 Å². The van der Waals surface area contributed by atoms with Crippen LogP contribution in [0.3, 0.4) is 0 Å². The number of nitrogens with zero attached hydrogens (tertiary/aromatic N) is 1. The third kappa shape index (κ3) is 2.58. The van der Waals surface area contributed by atoms with Gasteiger partial charge in [-0.3, -0.25) is 0 Å². The van der Waals surface area contributed by atoms with Crippen LogP contribution in [0.4, 0.5) is 0 Å². The molecule has 0 bridgehead atoms. The van der Waals surface area contributed by atoms with Crippen LogP contribution in [-0.4, -0.2) is 16.2 Å². The lowest BCUT2D eigenvalue weighted by atomic mass is 10.1. The van der Waals surface area contributed by atoms with Crippen molar-refractivity contribution in [2.24, 2.45) is 0 Å². The highest BCUT2D eigenvalue weighted by molar-refractivity contribution is 6.01. The molecule has 0 saturated heterocycles. The second kappa shape index (κ2) is 5.28. The van der Waals surface area contributed by atoms with E-state index in [-0.39, 0.29) is 17.9 Å². The number of ether oxygens (including phenoxy) is 1. The van der Waals surface area contributed by atoms with Crippen LogP contribution in [0.2, 0.25) is 0 Å². The van der Waals surface area contributed by atoms with Crippen molar-refractivity contribution in [1.82, 2.24) is 5.16 Å². The molecule has 106 valence electrons. The minimum atomic E-state index is -0.598. The summed E-state index contributed by atoms with van der Waals surface area (Å²) in [5, 5.41) is 15.4. The van der Waals surface area contributed by atoms with Crippen molar-refractivity contribution in [3.8, 4) is 5.75 Å². The van der Waals surface area contributed by atoms with Gasteiger partial charge in [0.25, 0.3) is 0 Å². The van der Waals surface area contributed by atoms with Crippen LogP contribution in [0.15, 0.2) is 47.0 Å². The Morgan fingerprint density at radius 3 is 2.86 bits per heavy atom. The molecule has 3 rings (SSSR count). The van der Waals surface area contributed by atoms with Crippen molar-refractivity contribution >= 4 is 16.7 Å². The van der Waals surface area contributed by atoms with Gasteiger partial charge in [0.2, 0.25) is 0 Å². The molecule has 0 fully saturated rings. The summed E-state index contributed by atoms with van der Waals surface area (Å²) in [4.78, 5) is 12.0. The Morgan fingerprint density at radius 2 is 2.10 bits per heavy atom. The van der Waals surface area contributed by atoms with Gasteiger partial charge in [0.15, 0.2) is 0 Å². The first-order valence-corrected chi connectivity index (χ1v) is 6.45. The molecule has 0 saturated carbocycles. The Labute approximate surface area is 120 Å². The Morgan fingerprint density at radius 1 is 1.29 bits per heavy atom. The first-order chi connectivity index (χ1) is 10.1. The zero-order chi connectivity index (χ0) is 14.8. The maximum atomic E-state index is 12.0. The molecule has 0 radical (unpaired) electrons. The fraction of sp³-hybridized carbons (Fsp3) is 0.125. The molecule has 0 aliphatic heterocycles. The normalized spacial score (nSPS) is 10.7. The van der Waals surface area contributed by atoms with Gasteiger partial charge in [0.05, 0.1) is 0 Å². The number of fused-ring (bicyclic) bond motifs is 1. The molecule has 0 amide bonds. The standard InChI is InChI=1S/C16H13NO4/c1-10-8-12(17-21-10)9-20-16(19)14-7-6-11-4-2-3-5-13(11)15(14)18/h2-8,18H,9H2,1H3. The lowest BCUT2D eigenvalue weighted by Crippen LogP contribution is -2.05. The van der Waals surface area contributed by atoms with Crippen LogP contribution in [0, 0.1) is 6.92 Å². The molecule has 3 aromatic rings. The van der Waals surface area contributed by atoms with E-state index in [9.17, 15) is 9.90 Å². The minimum Gasteiger partial charge on any atom is -0.506 e. The molecule has 0 aliphatic rings. The van der Waals surface area contributed by atoms with Crippen LogP contribution in [0.1, 0.15) is 21.8 Å². The molecule has 2 aromatic carbocycles. The summed E-state index contributed by atoms with van der Waals surface area (Å²) in [7, 11) is 0. The van der Waals surface area contributed by atoms with Crippen molar-refractivity contribution in [2.45, 2.75) is 13.5 Å². The Balaban J connectivity index is 1.82. The Hall–Kier alpha value is -2.82. The van der Waals surface area contributed by atoms with E-state index in [1.54, 1.807) is 37.3 Å². The van der Waals surface area contributed by atoms with E-state index in [2.05, 4.69) is 5.16 Å². The average Bonchev–Trinajstić information content (AvgIpc) is 2.91. The van der Waals surface area contributed by atoms with Gasteiger partial charge < -0.3 is 14.4 Å². The van der Waals surface area contributed by atoms with Crippen LogP contribution >= 0.6 is 0 Å². The lowest BCUT2D eigenvalue weighted by molar-refractivity contribution is 0.0461. The molecule has 21 heavy (non-hydrogen) atoms. The monoisotopic (exact) mass is 283 g/mol. The van der Waals surface area contributed by atoms with Gasteiger partial charge in [-0.1, -0.05) is 35.5 Å². The topological polar surface area (TPSA) is 72.6 Å². The number of hydrogen-bond acceptors (Lipinski definition) is 5. The zero-order valence-corrected chi connectivity index (χ0v) is 11.4. The van der Waals surface area contributed by atoms with E-state index < -0.39 is 5.97 Å². The molecule has 5 heteroatoms. The molecule has 1 aromatic heterocycles.